The molecule has 0 spiro atoms. The lowest BCUT2D eigenvalue weighted by Gasteiger charge is -2.43. The molecule has 2 fully saturated rings. The van der Waals surface area contributed by atoms with Gasteiger partial charge in [0, 0.05) is 11.5 Å². The molecule has 0 N–H and O–H groups in total. The van der Waals surface area contributed by atoms with Gasteiger partial charge in [-0.25, -0.2) is 0 Å². The summed E-state index contributed by atoms with van der Waals surface area (Å²) in [5.41, 5.74) is 1.17. The summed E-state index contributed by atoms with van der Waals surface area (Å²) in [7, 11) is 2.24. The molecule has 2 saturated heterocycles. The van der Waals surface area contributed by atoms with E-state index in [1.165, 1.54) is 5.46 Å². The van der Waals surface area contributed by atoms with Crippen LogP contribution in [0.25, 0.3) is 0 Å². The van der Waals surface area contributed by atoms with Crippen molar-refractivity contribution in [3.05, 3.63) is 28.7 Å². The molecule has 1 aromatic rings. The smallest absolute Gasteiger partial charge is 0.502 e. The summed E-state index contributed by atoms with van der Waals surface area (Å²) in [6, 6.07) is 8.30. The van der Waals surface area contributed by atoms with Crippen LogP contribution in [0, 0.1) is 0 Å². The maximum absolute atomic E-state index is 6.00. The number of hydrogen-bond acceptors (Lipinski definition) is 2. The molecule has 0 saturated carbocycles. The molecule has 2 aliphatic heterocycles. The Morgan fingerprint density at radius 2 is 1.94 bits per heavy atom. The van der Waals surface area contributed by atoms with Crippen molar-refractivity contribution in [3.8, 4) is 0 Å². The third-order valence-corrected chi connectivity index (χ3v) is 4.48. The van der Waals surface area contributed by atoms with Gasteiger partial charge in [-0.05, 0) is 6.07 Å². The summed E-state index contributed by atoms with van der Waals surface area (Å²) in [6.07, 6.45) is 0. The van der Waals surface area contributed by atoms with Gasteiger partial charge in [0.05, 0.1) is 26.3 Å². The zero-order valence-electron chi connectivity index (χ0n) is 9.36. The molecule has 2 aliphatic rings. The van der Waals surface area contributed by atoms with Crippen molar-refractivity contribution in [2.24, 2.45) is 0 Å². The molecule has 0 aromatic heterocycles. The molecule has 2 heterocycles. The molecule has 0 atom stereocenters. The van der Waals surface area contributed by atoms with Gasteiger partial charge in [-0.2, -0.15) is 0 Å². The van der Waals surface area contributed by atoms with Crippen LogP contribution in [0.1, 0.15) is 0 Å². The first-order chi connectivity index (χ1) is 7.66. The standard InChI is InChI=1S/C11H15BBrNO2/c1-14-5-7-15-12(14,16-8-6-14)10-3-2-4-11(13)9-10/h2-4,9H,5-8H2,1H3. The van der Waals surface area contributed by atoms with Gasteiger partial charge in [0.15, 0.2) is 0 Å². The Hall–Kier alpha value is -0.355. The van der Waals surface area contributed by atoms with E-state index in [1.54, 1.807) is 0 Å². The first kappa shape index (κ1) is 10.8. The molecule has 1 aromatic carbocycles. The predicted octanol–water partition coefficient (Wildman–Crippen LogP) is 1.10. The average Bonchev–Trinajstić information content (AvgIpc) is 2.71. The largest absolute Gasteiger partial charge is 0.505 e. The summed E-state index contributed by atoms with van der Waals surface area (Å²) in [5.74, 6) is 0. The van der Waals surface area contributed by atoms with Crippen molar-refractivity contribution in [2.45, 2.75) is 0 Å². The van der Waals surface area contributed by atoms with Gasteiger partial charge in [0.25, 0.3) is 0 Å². The molecule has 0 unspecified atom stereocenters. The van der Waals surface area contributed by atoms with E-state index in [0.29, 0.717) is 0 Å². The molecule has 0 aliphatic carbocycles. The first-order valence-electron chi connectivity index (χ1n) is 5.69. The highest BCUT2D eigenvalue weighted by Gasteiger charge is 2.57. The van der Waals surface area contributed by atoms with E-state index in [1.807, 2.05) is 12.1 Å². The number of quaternary nitrogens is 1. The number of fused-ring (bicyclic) bond motifs is 1. The molecule has 0 amide bonds. The molecule has 16 heavy (non-hydrogen) atoms. The summed E-state index contributed by atoms with van der Waals surface area (Å²) in [6.45, 7) is 2.37. The molecule has 5 heteroatoms. The number of hydrogen-bond donors (Lipinski definition) is 0. The highest BCUT2D eigenvalue weighted by Crippen LogP contribution is 2.32. The fourth-order valence-corrected chi connectivity index (χ4v) is 3.40. The summed E-state index contributed by atoms with van der Waals surface area (Å²) in [5, 5.41) is 0. The first-order valence-corrected chi connectivity index (χ1v) is 6.48. The lowest BCUT2D eigenvalue weighted by Crippen LogP contribution is -2.67. The Kier molecular flexibility index (Phi) is 2.40. The van der Waals surface area contributed by atoms with E-state index < -0.39 is 6.69 Å². The van der Waals surface area contributed by atoms with Gasteiger partial charge < -0.3 is 13.7 Å². The second kappa shape index (κ2) is 3.57. The van der Waals surface area contributed by atoms with Gasteiger partial charge in [-0.15, -0.1) is 0 Å². The van der Waals surface area contributed by atoms with Crippen molar-refractivity contribution in [1.29, 1.82) is 0 Å². The second-order valence-corrected chi connectivity index (χ2v) is 5.81. The van der Waals surface area contributed by atoms with Crippen molar-refractivity contribution in [2.75, 3.05) is 33.4 Å². The molecule has 3 rings (SSSR count). The fraction of sp³-hybridized carbons (Fsp3) is 0.455. The van der Waals surface area contributed by atoms with E-state index in [4.69, 9.17) is 9.31 Å². The van der Waals surface area contributed by atoms with Crippen LogP contribution in [-0.4, -0.2) is 44.4 Å². The van der Waals surface area contributed by atoms with E-state index in [-0.39, 0.29) is 0 Å². The molecule has 0 radical (unpaired) electrons. The number of rotatable bonds is 1. The van der Waals surface area contributed by atoms with Gasteiger partial charge in [0.1, 0.15) is 0 Å². The van der Waals surface area contributed by atoms with Crippen LogP contribution in [0.3, 0.4) is 0 Å². The Morgan fingerprint density at radius 1 is 1.25 bits per heavy atom. The Labute approximate surface area is 104 Å². The van der Waals surface area contributed by atoms with E-state index in [2.05, 4.69) is 35.1 Å². The lowest BCUT2D eigenvalue weighted by molar-refractivity contribution is -0.798. The predicted molar refractivity (Wildman–Crippen MR) is 67.4 cm³/mol. The average molecular weight is 284 g/mol. The Morgan fingerprint density at radius 3 is 2.56 bits per heavy atom. The van der Waals surface area contributed by atoms with Crippen LogP contribution >= 0.6 is 15.9 Å². The van der Waals surface area contributed by atoms with E-state index in [0.717, 1.165) is 35.2 Å². The summed E-state index contributed by atoms with van der Waals surface area (Å²) >= 11 is 3.51. The molecule has 0 bridgehead atoms. The van der Waals surface area contributed by atoms with Crippen LogP contribution in [0.5, 0.6) is 0 Å². The minimum Gasteiger partial charge on any atom is -0.505 e. The number of benzene rings is 1. The normalized spacial score (nSPS) is 37.6. The van der Waals surface area contributed by atoms with Gasteiger partial charge in [-0.1, -0.05) is 39.6 Å². The topological polar surface area (TPSA) is 18.5 Å². The molecule has 3 nitrogen and oxygen atoms in total. The summed E-state index contributed by atoms with van der Waals surface area (Å²) < 4.78 is 14.0. The molecule has 86 valence electrons. The van der Waals surface area contributed by atoms with Crippen LogP contribution in [0.2, 0.25) is 0 Å². The third kappa shape index (κ3) is 1.32. The SMILES string of the molecule is C[N+]12CCO[B-]1(c1cccc(Br)c1)OCC2. The zero-order chi connectivity index (χ0) is 11.2. The van der Waals surface area contributed by atoms with E-state index in [9.17, 15) is 0 Å². The van der Waals surface area contributed by atoms with Crippen molar-refractivity contribution < 1.29 is 13.7 Å². The minimum absolute atomic E-state index is 0.795. The Bertz CT molecular complexity index is 416. The van der Waals surface area contributed by atoms with Gasteiger partial charge in [0.2, 0.25) is 0 Å². The number of likely N-dealkylation sites (N-methyl/N-ethyl adjacent to an activating group) is 1. The second-order valence-electron chi connectivity index (χ2n) is 4.90. The van der Waals surface area contributed by atoms with Crippen molar-refractivity contribution in [1.82, 2.24) is 0 Å². The zero-order valence-corrected chi connectivity index (χ0v) is 10.9. The van der Waals surface area contributed by atoms with Crippen molar-refractivity contribution >= 4 is 28.1 Å². The fourth-order valence-electron chi connectivity index (χ4n) is 2.99. The quantitative estimate of drug-likeness (QED) is 0.719. The Balaban J connectivity index is 2.10. The maximum Gasteiger partial charge on any atom is 0.502 e. The van der Waals surface area contributed by atoms with Gasteiger partial charge >= 0.3 is 6.69 Å². The van der Waals surface area contributed by atoms with Crippen molar-refractivity contribution in [3.63, 3.8) is 0 Å². The highest BCUT2D eigenvalue weighted by atomic mass is 79.9. The van der Waals surface area contributed by atoms with Crippen LogP contribution in [0.4, 0.5) is 0 Å². The molecular weight excluding hydrogens is 269 g/mol. The highest BCUT2D eigenvalue weighted by molar-refractivity contribution is 9.10. The van der Waals surface area contributed by atoms with Crippen LogP contribution in [-0.2, 0) is 9.31 Å². The third-order valence-electron chi connectivity index (χ3n) is 3.98. The monoisotopic (exact) mass is 283 g/mol. The number of nitrogens with zero attached hydrogens (tertiary/aromatic N) is 1. The van der Waals surface area contributed by atoms with Gasteiger partial charge in [-0.3, -0.25) is 0 Å². The minimum atomic E-state index is -1.31. The number of halogens is 1. The lowest BCUT2D eigenvalue weighted by atomic mass is 9.61. The summed E-state index contributed by atoms with van der Waals surface area (Å²) in [4.78, 5) is 0. The van der Waals surface area contributed by atoms with Crippen LogP contribution in [0.15, 0.2) is 28.7 Å². The maximum atomic E-state index is 6.00. The van der Waals surface area contributed by atoms with Crippen LogP contribution < -0.4 is 5.46 Å². The van der Waals surface area contributed by atoms with E-state index >= 15 is 0 Å². The molecular formula is C11H15BBrNO2.